The van der Waals surface area contributed by atoms with Crippen LogP contribution >= 0.6 is 0 Å². The largest absolute Gasteiger partial charge is 0.480 e. The van der Waals surface area contributed by atoms with Crippen LogP contribution in [0.2, 0.25) is 0 Å². The van der Waals surface area contributed by atoms with E-state index < -0.39 is 23.8 Å². The van der Waals surface area contributed by atoms with Crippen molar-refractivity contribution in [3.63, 3.8) is 0 Å². The minimum absolute atomic E-state index is 0.0612. The predicted octanol–water partition coefficient (Wildman–Crippen LogP) is 3.89. The third-order valence-electron chi connectivity index (χ3n) is 6.50. The first-order valence-electron chi connectivity index (χ1n) is 9.97. The topological polar surface area (TPSA) is 82.8 Å². The second-order valence-corrected chi connectivity index (χ2v) is 9.89. The summed E-state index contributed by atoms with van der Waals surface area (Å²) in [4.78, 5) is 25.8. The number of aromatic nitrogens is 1. The quantitative estimate of drug-likeness (QED) is 0.793. The highest BCUT2D eigenvalue weighted by molar-refractivity contribution is 5.90. The lowest BCUT2D eigenvalue weighted by atomic mass is 9.65. The van der Waals surface area contributed by atoms with Crippen molar-refractivity contribution in [2.45, 2.75) is 58.7 Å². The molecule has 0 radical (unpaired) electrons. The highest BCUT2D eigenvalue weighted by Gasteiger charge is 2.52. The van der Waals surface area contributed by atoms with Gasteiger partial charge in [-0.25, -0.2) is 4.39 Å². The number of fused-ring (bicyclic) bond motifs is 3. The number of halogens is 1. The van der Waals surface area contributed by atoms with Crippen molar-refractivity contribution in [1.29, 1.82) is 0 Å². The first-order valence-corrected chi connectivity index (χ1v) is 9.97. The fourth-order valence-corrected chi connectivity index (χ4v) is 6.05. The Morgan fingerprint density at radius 2 is 1.97 bits per heavy atom. The van der Waals surface area contributed by atoms with E-state index >= 15 is 0 Å². The number of hydrogen-bond acceptors (Lipinski definition) is 3. The molecule has 1 aromatic heterocycles. The highest BCUT2D eigenvalue weighted by Crippen LogP contribution is 2.54. The van der Waals surface area contributed by atoms with E-state index in [2.05, 4.69) is 25.7 Å². The molecule has 3 atom stereocenters. The molecule has 2 N–H and O–H groups in total. The van der Waals surface area contributed by atoms with Crippen molar-refractivity contribution in [2.24, 2.45) is 10.8 Å². The Morgan fingerprint density at radius 3 is 2.62 bits per heavy atom. The molecule has 2 bridgehead atoms. The number of benzene rings is 1. The maximum atomic E-state index is 13.8. The Morgan fingerprint density at radius 1 is 1.24 bits per heavy atom. The molecule has 4 rings (SSSR count). The van der Waals surface area contributed by atoms with Gasteiger partial charge in [-0.3, -0.25) is 14.5 Å². The van der Waals surface area contributed by atoms with Crippen LogP contribution in [0, 0.1) is 16.6 Å². The van der Waals surface area contributed by atoms with Gasteiger partial charge < -0.3 is 14.8 Å². The van der Waals surface area contributed by atoms with Gasteiger partial charge in [0, 0.05) is 29.7 Å². The molecule has 2 aromatic rings. The maximum Gasteiger partial charge on any atom is 0.325 e. The van der Waals surface area contributed by atoms with E-state index in [4.69, 9.17) is 0 Å². The van der Waals surface area contributed by atoms with Crippen molar-refractivity contribution in [1.82, 2.24) is 9.47 Å². The van der Waals surface area contributed by atoms with Gasteiger partial charge in [0.2, 0.25) is 0 Å². The van der Waals surface area contributed by atoms with Crippen molar-refractivity contribution >= 4 is 22.8 Å². The average Bonchev–Trinajstić information content (AvgIpc) is 3.01. The summed E-state index contributed by atoms with van der Waals surface area (Å²) in [6.07, 6.45) is 4.51. The van der Waals surface area contributed by atoms with Crippen LogP contribution in [0.25, 0.3) is 10.9 Å². The van der Waals surface area contributed by atoms with Gasteiger partial charge in [0.1, 0.15) is 18.4 Å². The van der Waals surface area contributed by atoms with Crippen LogP contribution < -0.4 is 0 Å². The van der Waals surface area contributed by atoms with Gasteiger partial charge in [0.25, 0.3) is 0 Å². The summed E-state index contributed by atoms with van der Waals surface area (Å²) in [5.41, 5.74) is 1.15. The van der Waals surface area contributed by atoms with Crippen LogP contribution in [-0.2, 0) is 16.1 Å². The Bertz CT molecular complexity index is 998. The summed E-state index contributed by atoms with van der Waals surface area (Å²) >= 11 is 0. The molecule has 7 heteroatoms. The van der Waals surface area contributed by atoms with Crippen molar-refractivity contribution in [2.75, 3.05) is 6.54 Å². The third kappa shape index (κ3) is 3.52. The molecule has 6 nitrogen and oxygen atoms in total. The second-order valence-electron chi connectivity index (χ2n) is 9.89. The Labute approximate surface area is 168 Å². The van der Waals surface area contributed by atoms with Crippen LogP contribution in [0.4, 0.5) is 4.39 Å². The van der Waals surface area contributed by atoms with Gasteiger partial charge in [0.05, 0.1) is 5.52 Å². The monoisotopic (exact) mass is 402 g/mol. The van der Waals surface area contributed by atoms with Crippen molar-refractivity contribution < 1.29 is 24.2 Å². The standard InChI is InChI=1S/C22H27FN2O4/c1-21(2)7-14-8-22(3,11-21)12-25(14)19(20(28)29)16-9-24(10-18(26)27)17-6-13(23)4-5-15(16)17/h4-6,9,14,19H,7-8,10-12H2,1-3H3,(H,26,27)(H,28,29). The number of carboxylic acids is 2. The number of nitrogens with zero attached hydrogens (tertiary/aromatic N) is 2. The summed E-state index contributed by atoms with van der Waals surface area (Å²) in [6.45, 7) is 7.03. The molecule has 0 amide bonds. The summed E-state index contributed by atoms with van der Waals surface area (Å²) in [5.74, 6) is -2.50. The zero-order chi connectivity index (χ0) is 21.1. The minimum Gasteiger partial charge on any atom is -0.480 e. The molecule has 3 unspecified atom stereocenters. The maximum absolute atomic E-state index is 13.8. The molecule has 1 saturated heterocycles. The molecule has 1 aliphatic heterocycles. The molecule has 1 aliphatic carbocycles. The van der Waals surface area contributed by atoms with E-state index in [1.165, 1.54) is 16.7 Å². The third-order valence-corrected chi connectivity index (χ3v) is 6.50. The number of likely N-dealkylation sites (tertiary alicyclic amines) is 1. The van der Waals surface area contributed by atoms with Gasteiger partial charge in [-0.05, 0) is 48.3 Å². The van der Waals surface area contributed by atoms with Crippen LogP contribution in [0.15, 0.2) is 24.4 Å². The second kappa shape index (κ2) is 6.55. The fraction of sp³-hybridized carbons (Fsp3) is 0.545. The van der Waals surface area contributed by atoms with Crippen molar-refractivity contribution in [3.8, 4) is 0 Å². The average molecular weight is 402 g/mol. The number of carbonyl (C=O) groups is 2. The smallest absolute Gasteiger partial charge is 0.325 e. The van der Waals surface area contributed by atoms with Gasteiger partial charge in [-0.2, -0.15) is 0 Å². The lowest BCUT2D eigenvalue weighted by molar-refractivity contribution is -0.144. The number of aliphatic carboxylic acids is 2. The molecule has 2 heterocycles. The summed E-state index contributed by atoms with van der Waals surface area (Å²) < 4.78 is 15.3. The molecular formula is C22H27FN2O4. The van der Waals surface area contributed by atoms with Crippen LogP contribution in [0.3, 0.4) is 0 Å². The number of hydrogen-bond donors (Lipinski definition) is 2. The van der Waals surface area contributed by atoms with Gasteiger partial charge in [0.15, 0.2) is 0 Å². The first-order chi connectivity index (χ1) is 13.5. The molecule has 2 fully saturated rings. The van der Waals surface area contributed by atoms with E-state index in [1.54, 1.807) is 12.3 Å². The lowest BCUT2D eigenvalue weighted by Gasteiger charge is -2.40. The highest BCUT2D eigenvalue weighted by atomic mass is 19.1. The van der Waals surface area contributed by atoms with Gasteiger partial charge >= 0.3 is 11.9 Å². The van der Waals surface area contributed by atoms with E-state index in [0.29, 0.717) is 23.0 Å². The summed E-state index contributed by atoms with van der Waals surface area (Å²) in [5, 5.41) is 20.0. The first kappa shape index (κ1) is 19.9. The molecule has 0 spiro atoms. The summed E-state index contributed by atoms with van der Waals surface area (Å²) in [7, 11) is 0. The van der Waals surface area contributed by atoms with Crippen molar-refractivity contribution in [3.05, 3.63) is 35.8 Å². The Kier molecular flexibility index (Phi) is 4.49. The molecule has 2 aliphatic rings. The minimum atomic E-state index is -1.06. The zero-order valence-electron chi connectivity index (χ0n) is 17.0. The molecule has 1 saturated carbocycles. The van der Waals surface area contributed by atoms with Gasteiger partial charge in [-0.1, -0.05) is 20.8 Å². The molecule has 156 valence electrons. The fourth-order valence-electron chi connectivity index (χ4n) is 6.05. The molecule has 29 heavy (non-hydrogen) atoms. The number of carboxylic acid groups (broad SMARTS) is 2. The zero-order valence-corrected chi connectivity index (χ0v) is 17.0. The van der Waals surface area contributed by atoms with E-state index in [-0.39, 0.29) is 23.4 Å². The number of rotatable bonds is 5. The van der Waals surface area contributed by atoms with Crippen LogP contribution in [-0.4, -0.2) is 44.2 Å². The van der Waals surface area contributed by atoms with Gasteiger partial charge in [-0.15, -0.1) is 0 Å². The molecule has 1 aromatic carbocycles. The lowest BCUT2D eigenvalue weighted by Crippen LogP contribution is -2.39. The normalized spacial score (nSPS) is 27.2. The predicted molar refractivity (Wildman–Crippen MR) is 106 cm³/mol. The Hall–Kier alpha value is -2.41. The van der Waals surface area contributed by atoms with E-state index in [0.717, 1.165) is 19.3 Å². The van der Waals surface area contributed by atoms with Crippen LogP contribution in [0.5, 0.6) is 0 Å². The SMILES string of the molecule is CC1(C)CC2CC(C)(CN2C(C(=O)O)c2cn(CC(=O)O)c3cc(F)ccc23)C1. The van der Waals surface area contributed by atoms with E-state index in [1.807, 2.05) is 0 Å². The van der Waals surface area contributed by atoms with E-state index in [9.17, 15) is 24.2 Å². The van der Waals surface area contributed by atoms with Crippen LogP contribution in [0.1, 0.15) is 51.6 Å². The Balaban J connectivity index is 1.82. The summed E-state index contributed by atoms with van der Waals surface area (Å²) in [6, 6.07) is 3.39. The molecular weight excluding hydrogens is 375 g/mol.